The molecule has 4 aromatic heterocycles. The molecule has 0 spiro atoms. The molecule has 0 aliphatic heterocycles. The lowest BCUT2D eigenvalue weighted by Gasteiger charge is -2.39. The predicted molar refractivity (Wildman–Crippen MR) is 142 cm³/mol. The third kappa shape index (κ3) is 3.98. The summed E-state index contributed by atoms with van der Waals surface area (Å²) in [5.41, 5.74) is 11.6. The van der Waals surface area contributed by atoms with Crippen molar-refractivity contribution in [2.45, 2.75) is 71.9 Å². The number of aryl methyl sites for hydroxylation is 2. The number of benzene rings is 1. The summed E-state index contributed by atoms with van der Waals surface area (Å²) in [5, 5.41) is 28.9. The van der Waals surface area contributed by atoms with Gasteiger partial charge in [-0.3, -0.25) is 0 Å². The van der Waals surface area contributed by atoms with Crippen LogP contribution in [0.15, 0.2) is 35.7 Å². The Labute approximate surface area is 214 Å². The molecule has 188 valence electrons. The van der Waals surface area contributed by atoms with Crippen LogP contribution in [0.5, 0.6) is 0 Å². The zero-order chi connectivity index (χ0) is 25.8. The minimum Gasteiger partial charge on any atom is -0.320 e. The van der Waals surface area contributed by atoms with E-state index in [9.17, 15) is 0 Å². The molecule has 9 nitrogen and oxygen atoms in total. The number of nitrogens with zero attached hydrogens (tertiary/aromatic N) is 8. The van der Waals surface area contributed by atoms with Gasteiger partial charge in [-0.1, -0.05) is 19.9 Å². The number of tetrazole rings is 2. The van der Waals surface area contributed by atoms with Crippen molar-refractivity contribution in [3.05, 3.63) is 63.1 Å². The fraction of sp³-hybridized carbons (Fsp3) is 0.462. The van der Waals surface area contributed by atoms with Gasteiger partial charge in [-0.05, 0) is 109 Å². The van der Waals surface area contributed by atoms with Gasteiger partial charge in [-0.15, -0.1) is 21.5 Å². The third-order valence-corrected chi connectivity index (χ3v) is 8.11. The van der Waals surface area contributed by atoms with Crippen molar-refractivity contribution in [3.8, 4) is 0 Å². The highest BCUT2D eigenvalue weighted by molar-refractivity contribution is 7.10. The number of fused-ring (bicyclic) bond motifs is 3. The van der Waals surface area contributed by atoms with Crippen molar-refractivity contribution >= 4 is 27.9 Å². The van der Waals surface area contributed by atoms with Gasteiger partial charge in [0.05, 0.1) is 16.6 Å². The first-order chi connectivity index (χ1) is 17.0. The highest BCUT2D eigenvalue weighted by Crippen LogP contribution is 2.44. The largest absolute Gasteiger partial charge is 0.320 e. The molecule has 0 aliphatic rings. The molecule has 10 heteroatoms. The molecule has 1 aromatic carbocycles. The molecular formula is C26H33N9S. The molecule has 2 N–H and O–H groups in total. The van der Waals surface area contributed by atoms with Crippen LogP contribution in [0.4, 0.5) is 0 Å². The average Bonchev–Trinajstić information content (AvgIpc) is 3.56. The number of nitrogens with two attached hydrogens (primary N) is 1. The van der Waals surface area contributed by atoms with Crippen molar-refractivity contribution in [3.63, 3.8) is 0 Å². The van der Waals surface area contributed by atoms with E-state index < -0.39 is 5.54 Å². The van der Waals surface area contributed by atoms with Crippen LogP contribution in [-0.4, -0.2) is 40.2 Å². The molecule has 0 amide bonds. The molecule has 0 radical (unpaired) electrons. The van der Waals surface area contributed by atoms with Gasteiger partial charge in [0.1, 0.15) is 0 Å². The number of rotatable bonds is 6. The van der Waals surface area contributed by atoms with Gasteiger partial charge < -0.3 is 5.73 Å². The number of hydrogen-bond acceptors (Lipinski definition) is 8. The van der Waals surface area contributed by atoms with Crippen molar-refractivity contribution in [1.82, 2.24) is 40.2 Å². The summed E-state index contributed by atoms with van der Waals surface area (Å²) in [7, 11) is 0. The molecule has 5 rings (SSSR count). The number of pyridine rings is 1. The Balaban J connectivity index is 1.74. The molecule has 0 aliphatic carbocycles. The van der Waals surface area contributed by atoms with E-state index in [4.69, 9.17) is 5.73 Å². The van der Waals surface area contributed by atoms with Crippen LogP contribution in [0.2, 0.25) is 0 Å². The quantitative estimate of drug-likeness (QED) is 0.362. The highest BCUT2D eigenvalue weighted by Gasteiger charge is 2.45. The van der Waals surface area contributed by atoms with Gasteiger partial charge >= 0.3 is 0 Å². The van der Waals surface area contributed by atoms with Crippen molar-refractivity contribution in [1.29, 1.82) is 0 Å². The van der Waals surface area contributed by atoms with Crippen LogP contribution in [0, 0.1) is 19.8 Å². The molecule has 0 saturated heterocycles. The fourth-order valence-corrected chi connectivity index (χ4v) is 6.13. The standard InChI is InChI=1S/C26H33N9S/c1-15(2)22(24-29-31-33-35(24)25(5,6)7)26(27,21-9-8-10-36-21)14-19-13-18-11-16(3)17(4)12-20(18)34-23(19)28-30-32-34/h8-13,15,22H,14,27H2,1-7H3. The van der Waals surface area contributed by atoms with E-state index in [1.807, 2.05) is 15.3 Å². The Morgan fingerprint density at radius 3 is 2.39 bits per heavy atom. The van der Waals surface area contributed by atoms with Crippen molar-refractivity contribution in [2.75, 3.05) is 0 Å². The van der Waals surface area contributed by atoms with Crippen LogP contribution >= 0.6 is 11.3 Å². The minimum absolute atomic E-state index is 0.156. The van der Waals surface area contributed by atoms with Crippen LogP contribution in [0.1, 0.15) is 67.9 Å². The van der Waals surface area contributed by atoms with E-state index >= 15 is 0 Å². The second-order valence-electron chi connectivity index (χ2n) is 11.1. The Bertz CT molecular complexity index is 1520. The fourth-order valence-electron chi connectivity index (χ4n) is 5.25. The lowest BCUT2D eigenvalue weighted by Crippen LogP contribution is -2.48. The Hall–Kier alpha value is -3.24. The molecule has 0 bridgehead atoms. The summed E-state index contributed by atoms with van der Waals surface area (Å²) in [5.74, 6) is 0.801. The Morgan fingerprint density at radius 2 is 1.72 bits per heavy atom. The molecule has 5 aromatic rings. The van der Waals surface area contributed by atoms with Gasteiger partial charge in [0.25, 0.3) is 0 Å². The lowest BCUT2D eigenvalue weighted by molar-refractivity contribution is 0.244. The van der Waals surface area contributed by atoms with Gasteiger partial charge in [-0.25, -0.2) is 4.68 Å². The van der Waals surface area contributed by atoms with E-state index in [2.05, 4.69) is 109 Å². The molecule has 2 unspecified atom stereocenters. The highest BCUT2D eigenvalue weighted by atomic mass is 32.1. The Kier molecular flexibility index (Phi) is 5.91. The average molecular weight is 504 g/mol. The second kappa shape index (κ2) is 8.70. The van der Waals surface area contributed by atoms with Crippen LogP contribution in [-0.2, 0) is 17.5 Å². The number of aromatic nitrogens is 8. The number of hydrogen-bond donors (Lipinski definition) is 1. The van der Waals surface area contributed by atoms with E-state index in [0.29, 0.717) is 6.42 Å². The van der Waals surface area contributed by atoms with E-state index in [1.165, 1.54) is 11.1 Å². The maximum absolute atomic E-state index is 7.53. The van der Waals surface area contributed by atoms with Gasteiger partial charge in [0, 0.05) is 21.7 Å². The van der Waals surface area contributed by atoms with Gasteiger partial charge in [-0.2, -0.15) is 4.52 Å². The molecule has 0 fully saturated rings. The van der Waals surface area contributed by atoms with Crippen molar-refractivity contribution < 1.29 is 0 Å². The SMILES string of the molecule is Cc1cc2cc(CC(N)(c3cccs3)C(c3nnnn3C(C)(C)C)C(C)C)c3nnnn3c2cc1C. The summed E-state index contributed by atoms with van der Waals surface area (Å²) in [6.45, 7) is 14.9. The van der Waals surface area contributed by atoms with Crippen LogP contribution in [0.3, 0.4) is 0 Å². The predicted octanol–water partition coefficient (Wildman–Crippen LogP) is 4.53. The first-order valence-electron chi connectivity index (χ1n) is 12.2. The summed E-state index contributed by atoms with van der Waals surface area (Å²) in [6.07, 6.45) is 0.528. The van der Waals surface area contributed by atoms with E-state index in [1.54, 1.807) is 11.3 Å². The first-order valence-corrected chi connectivity index (χ1v) is 13.1. The van der Waals surface area contributed by atoms with Crippen LogP contribution < -0.4 is 5.73 Å². The maximum Gasteiger partial charge on any atom is 0.183 e. The smallest absolute Gasteiger partial charge is 0.183 e. The van der Waals surface area contributed by atoms with Gasteiger partial charge in [0.15, 0.2) is 11.5 Å². The summed E-state index contributed by atoms with van der Waals surface area (Å²) < 4.78 is 3.74. The van der Waals surface area contributed by atoms with Crippen LogP contribution in [0.25, 0.3) is 16.6 Å². The molecule has 4 heterocycles. The molecule has 0 saturated carbocycles. The zero-order valence-corrected chi connectivity index (χ0v) is 22.7. The molecular weight excluding hydrogens is 470 g/mol. The van der Waals surface area contributed by atoms with Gasteiger partial charge in [0.2, 0.25) is 0 Å². The minimum atomic E-state index is -0.792. The lowest BCUT2D eigenvalue weighted by atomic mass is 9.72. The summed E-state index contributed by atoms with van der Waals surface area (Å²) in [6, 6.07) is 10.7. The second-order valence-corrected chi connectivity index (χ2v) is 12.1. The zero-order valence-electron chi connectivity index (χ0n) is 21.9. The van der Waals surface area contributed by atoms with Crippen molar-refractivity contribution in [2.24, 2.45) is 11.7 Å². The third-order valence-electron chi connectivity index (χ3n) is 7.05. The monoisotopic (exact) mass is 503 g/mol. The topological polar surface area (TPSA) is 113 Å². The Morgan fingerprint density at radius 1 is 1.00 bits per heavy atom. The molecule has 36 heavy (non-hydrogen) atoms. The first kappa shape index (κ1) is 24.5. The summed E-state index contributed by atoms with van der Waals surface area (Å²) in [4.78, 5) is 1.08. The normalized spacial score (nSPS) is 15.1. The molecule has 2 atom stereocenters. The van der Waals surface area contributed by atoms with E-state index in [-0.39, 0.29) is 17.4 Å². The summed E-state index contributed by atoms with van der Waals surface area (Å²) >= 11 is 1.66. The van der Waals surface area contributed by atoms with E-state index in [0.717, 1.165) is 32.8 Å². The maximum atomic E-state index is 7.53. The number of thiophene rings is 1.